The zero-order valence-electron chi connectivity index (χ0n) is 8.28. The predicted molar refractivity (Wildman–Crippen MR) is 62.3 cm³/mol. The first-order chi connectivity index (χ1) is 8.02. The van der Waals surface area contributed by atoms with Gasteiger partial charge in [-0.05, 0) is 12.1 Å². The molecule has 0 unspecified atom stereocenters. The first-order valence-electron chi connectivity index (χ1n) is 4.51. The number of nitrogens with zero attached hydrogens (tertiary/aromatic N) is 1. The highest BCUT2D eigenvalue weighted by Gasteiger charge is 2.19. The molecule has 17 heavy (non-hydrogen) atoms. The van der Waals surface area contributed by atoms with Gasteiger partial charge in [0.15, 0.2) is 0 Å². The van der Waals surface area contributed by atoms with Gasteiger partial charge in [0.25, 0.3) is 0 Å². The van der Waals surface area contributed by atoms with Gasteiger partial charge in [-0.3, -0.25) is 10.4 Å². The average molecular weight is 277 g/mol. The van der Waals surface area contributed by atoms with E-state index >= 15 is 0 Å². The van der Waals surface area contributed by atoms with E-state index in [0.717, 1.165) is 6.07 Å². The maximum Gasteiger partial charge on any atom is 0.144 e. The van der Waals surface area contributed by atoms with E-state index in [-0.39, 0.29) is 10.9 Å². The van der Waals surface area contributed by atoms with Crippen molar-refractivity contribution in [2.45, 2.75) is 0 Å². The standard InChI is InChI=1S/C10H7Cl2FN2O2/c11-7-4-14-3-6(7)5-1-2-8(13)9(12)10(5)15(16)17/h1-4,14,16-17H. The molecule has 0 amide bonds. The summed E-state index contributed by atoms with van der Waals surface area (Å²) in [5.41, 5.74) is 0.512. The molecule has 3 N–H and O–H groups in total. The van der Waals surface area contributed by atoms with Crippen LogP contribution in [-0.4, -0.2) is 15.4 Å². The van der Waals surface area contributed by atoms with Crippen molar-refractivity contribution in [1.82, 2.24) is 4.98 Å². The molecule has 0 saturated carbocycles. The quantitative estimate of drug-likeness (QED) is 0.733. The Morgan fingerprint density at radius 2 is 1.82 bits per heavy atom. The summed E-state index contributed by atoms with van der Waals surface area (Å²) in [6.07, 6.45) is 3.05. The highest BCUT2D eigenvalue weighted by atomic mass is 35.5. The smallest absolute Gasteiger partial charge is 0.144 e. The lowest BCUT2D eigenvalue weighted by Gasteiger charge is -2.15. The Labute approximate surface area is 106 Å². The van der Waals surface area contributed by atoms with E-state index in [4.69, 9.17) is 33.6 Å². The molecule has 0 aliphatic carbocycles. The molecule has 1 aromatic heterocycles. The number of aromatic amines is 1. The molecule has 0 aliphatic heterocycles. The van der Waals surface area contributed by atoms with Crippen molar-refractivity contribution in [3.8, 4) is 11.1 Å². The van der Waals surface area contributed by atoms with Gasteiger partial charge in [-0.15, -0.1) is 5.23 Å². The number of anilines is 1. The lowest BCUT2D eigenvalue weighted by molar-refractivity contribution is 0.0294. The number of hydrogen-bond acceptors (Lipinski definition) is 3. The van der Waals surface area contributed by atoms with Crippen LogP contribution in [-0.2, 0) is 0 Å². The predicted octanol–water partition coefficient (Wildman–Crippen LogP) is 3.71. The normalized spacial score (nSPS) is 10.6. The highest BCUT2D eigenvalue weighted by Crippen LogP contribution is 2.39. The number of aromatic nitrogens is 1. The van der Waals surface area contributed by atoms with Crippen molar-refractivity contribution in [2.24, 2.45) is 0 Å². The van der Waals surface area contributed by atoms with Crippen LogP contribution in [0.2, 0.25) is 10.0 Å². The Morgan fingerprint density at radius 1 is 1.12 bits per heavy atom. The minimum Gasteiger partial charge on any atom is -0.366 e. The molecule has 0 fully saturated rings. The van der Waals surface area contributed by atoms with Crippen molar-refractivity contribution in [3.05, 3.63) is 40.4 Å². The topological polar surface area (TPSA) is 59.5 Å². The second kappa shape index (κ2) is 4.54. The van der Waals surface area contributed by atoms with Gasteiger partial charge >= 0.3 is 0 Å². The summed E-state index contributed by atoms with van der Waals surface area (Å²) in [5, 5.41) is 17.9. The van der Waals surface area contributed by atoms with E-state index < -0.39 is 10.8 Å². The third-order valence-electron chi connectivity index (χ3n) is 2.25. The van der Waals surface area contributed by atoms with Crippen molar-refractivity contribution in [2.75, 3.05) is 5.23 Å². The molecule has 7 heteroatoms. The van der Waals surface area contributed by atoms with Gasteiger partial charge in [0, 0.05) is 23.5 Å². The third kappa shape index (κ3) is 2.10. The molecule has 0 bridgehead atoms. The van der Waals surface area contributed by atoms with Gasteiger partial charge in [-0.25, -0.2) is 4.39 Å². The van der Waals surface area contributed by atoms with Crippen LogP contribution in [0.3, 0.4) is 0 Å². The molecule has 0 aliphatic rings. The van der Waals surface area contributed by atoms with Gasteiger partial charge in [0.2, 0.25) is 0 Å². The summed E-state index contributed by atoms with van der Waals surface area (Å²) in [5.74, 6) is -0.759. The van der Waals surface area contributed by atoms with Gasteiger partial charge in [0.05, 0.1) is 5.02 Å². The Balaban J connectivity index is 2.71. The van der Waals surface area contributed by atoms with Crippen LogP contribution in [0.15, 0.2) is 24.5 Å². The van der Waals surface area contributed by atoms with Crippen molar-refractivity contribution >= 4 is 28.9 Å². The molecule has 2 rings (SSSR count). The van der Waals surface area contributed by atoms with Crippen LogP contribution >= 0.6 is 23.2 Å². The summed E-state index contributed by atoms with van der Waals surface area (Å²) in [7, 11) is 0. The zero-order valence-corrected chi connectivity index (χ0v) is 9.80. The number of rotatable bonds is 2. The Bertz CT molecular complexity index is 557. The van der Waals surface area contributed by atoms with Gasteiger partial charge in [-0.2, -0.15) is 0 Å². The van der Waals surface area contributed by atoms with Crippen molar-refractivity contribution < 1.29 is 14.8 Å². The van der Waals surface area contributed by atoms with Crippen molar-refractivity contribution in [1.29, 1.82) is 0 Å². The number of nitrogens with one attached hydrogen (secondary N) is 1. The van der Waals surface area contributed by atoms with Crippen LogP contribution in [0.5, 0.6) is 0 Å². The number of H-pyrrole nitrogens is 1. The zero-order chi connectivity index (χ0) is 12.6. The summed E-state index contributed by atoms with van der Waals surface area (Å²) >= 11 is 11.6. The monoisotopic (exact) mass is 276 g/mol. The SMILES string of the molecule is ON(O)c1c(-c2c[nH]cc2Cl)ccc(F)c1Cl. The Morgan fingerprint density at radius 3 is 2.35 bits per heavy atom. The largest absolute Gasteiger partial charge is 0.366 e. The van der Waals surface area contributed by atoms with Crippen LogP contribution < -0.4 is 5.23 Å². The van der Waals surface area contributed by atoms with Gasteiger partial charge in [-0.1, -0.05) is 23.2 Å². The van der Waals surface area contributed by atoms with E-state index in [2.05, 4.69) is 4.98 Å². The molecular weight excluding hydrogens is 270 g/mol. The molecule has 1 aromatic carbocycles. The molecule has 2 aromatic rings. The number of hydrogen-bond donors (Lipinski definition) is 3. The average Bonchev–Trinajstić information content (AvgIpc) is 2.67. The molecule has 1 heterocycles. The second-order valence-corrected chi connectivity index (χ2v) is 4.05. The first-order valence-corrected chi connectivity index (χ1v) is 5.26. The molecule has 0 atom stereocenters. The van der Waals surface area contributed by atoms with E-state index in [1.807, 2.05) is 0 Å². The van der Waals surface area contributed by atoms with Crippen LogP contribution in [0.25, 0.3) is 11.1 Å². The van der Waals surface area contributed by atoms with Gasteiger partial charge in [0.1, 0.15) is 16.5 Å². The number of benzene rings is 1. The molecule has 0 radical (unpaired) electrons. The first kappa shape index (κ1) is 12.2. The minimum absolute atomic E-state index is 0.232. The van der Waals surface area contributed by atoms with Crippen LogP contribution in [0.1, 0.15) is 0 Å². The molecule has 0 saturated heterocycles. The second-order valence-electron chi connectivity index (χ2n) is 3.26. The fourth-order valence-corrected chi connectivity index (χ4v) is 1.96. The maximum absolute atomic E-state index is 13.2. The lowest BCUT2D eigenvalue weighted by Crippen LogP contribution is -2.13. The summed E-state index contributed by atoms with van der Waals surface area (Å²) in [6, 6.07) is 2.47. The maximum atomic E-state index is 13.2. The lowest BCUT2D eigenvalue weighted by atomic mass is 10.1. The van der Waals surface area contributed by atoms with Crippen molar-refractivity contribution in [3.63, 3.8) is 0 Å². The van der Waals surface area contributed by atoms with E-state index in [1.54, 1.807) is 6.20 Å². The van der Waals surface area contributed by atoms with Crippen LogP contribution in [0.4, 0.5) is 10.1 Å². The fourth-order valence-electron chi connectivity index (χ4n) is 1.50. The summed E-state index contributed by atoms with van der Waals surface area (Å²) < 4.78 is 13.2. The highest BCUT2D eigenvalue weighted by molar-refractivity contribution is 6.35. The Kier molecular flexibility index (Phi) is 3.26. The van der Waals surface area contributed by atoms with E-state index in [1.165, 1.54) is 12.3 Å². The van der Waals surface area contributed by atoms with E-state index in [0.29, 0.717) is 16.1 Å². The fraction of sp³-hybridized carbons (Fsp3) is 0. The molecule has 4 nitrogen and oxygen atoms in total. The molecule has 0 spiro atoms. The summed E-state index contributed by atoms with van der Waals surface area (Å²) in [6.45, 7) is 0. The molecular formula is C10H7Cl2FN2O2. The summed E-state index contributed by atoms with van der Waals surface area (Å²) in [4.78, 5) is 2.75. The van der Waals surface area contributed by atoms with Crippen LogP contribution in [0, 0.1) is 5.82 Å². The van der Waals surface area contributed by atoms with E-state index in [9.17, 15) is 4.39 Å². The Hall–Kier alpha value is -1.27. The third-order valence-corrected chi connectivity index (χ3v) is 2.93. The molecule has 90 valence electrons. The number of halogens is 3. The van der Waals surface area contributed by atoms with Gasteiger partial charge < -0.3 is 4.98 Å². The minimum atomic E-state index is -0.759.